The number of nitrogens with one attached hydrogen (secondary N) is 1. The number of anilines is 1. The predicted molar refractivity (Wildman–Crippen MR) is 57.1 cm³/mol. The zero-order valence-corrected chi connectivity index (χ0v) is 9.34. The maximum atomic E-state index is 12.7. The molecule has 0 unspecified atom stereocenters. The molecule has 1 aliphatic rings. The van der Waals surface area contributed by atoms with Crippen LogP contribution >= 0.6 is 0 Å². The normalized spacial score (nSPS) is 16.1. The van der Waals surface area contributed by atoms with Crippen molar-refractivity contribution in [2.75, 3.05) is 11.4 Å². The van der Waals surface area contributed by atoms with Crippen LogP contribution in [-0.4, -0.2) is 18.5 Å². The molecule has 0 spiro atoms. The van der Waals surface area contributed by atoms with Gasteiger partial charge in [-0.1, -0.05) is 6.07 Å². The number of hydrogen-bond acceptors (Lipinski definition) is 2. The molecule has 7 heteroatoms. The molecule has 0 aromatic heterocycles. The van der Waals surface area contributed by atoms with E-state index in [0.717, 1.165) is 11.0 Å². The number of halogens is 3. The van der Waals surface area contributed by atoms with Gasteiger partial charge in [-0.25, -0.2) is 4.79 Å². The lowest BCUT2D eigenvalue weighted by Crippen LogP contribution is -2.28. The van der Waals surface area contributed by atoms with Gasteiger partial charge in [0.2, 0.25) is 5.91 Å². The van der Waals surface area contributed by atoms with E-state index >= 15 is 0 Å². The Morgan fingerprint density at radius 1 is 1.28 bits per heavy atom. The molecule has 1 aromatic rings. The number of rotatable bonds is 1. The highest BCUT2D eigenvalue weighted by Crippen LogP contribution is 2.34. The summed E-state index contributed by atoms with van der Waals surface area (Å²) in [6.07, 6.45) is -4.49. The molecular formula is C11H9F3N2O2. The van der Waals surface area contributed by atoms with Gasteiger partial charge in [0, 0.05) is 5.69 Å². The summed E-state index contributed by atoms with van der Waals surface area (Å²) in [5, 5.41) is 2.00. The Morgan fingerprint density at radius 3 is 2.44 bits per heavy atom. The van der Waals surface area contributed by atoms with Gasteiger partial charge in [0.25, 0.3) is 0 Å². The van der Waals surface area contributed by atoms with E-state index < -0.39 is 23.7 Å². The first kappa shape index (κ1) is 12.4. The number of carbonyl (C=O) groups excluding carboxylic acids is 2. The van der Waals surface area contributed by atoms with Crippen LogP contribution in [-0.2, 0) is 11.0 Å². The highest BCUT2D eigenvalue weighted by atomic mass is 19.4. The van der Waals surface area contributed by atoms with E-state index in [4.69, 9.17) is 0 Å². The van der Waals surface area contributed by atoms with Crippen LogP contribution in [0.15, 0.2) is 18.2 Å². The standard InChI is InChI=1S/C11H9F3N2O2/c1-6-2-3-7(4-8(6)11(12,13)14)16-5-9(17)15-10(16)18/h2-4H,5H2,1H3,(H,15,17,18). The second-order valence-corrected chi connectivity index (χ2v) is 3.94. The summed E-state index contributed by atoms with van der Waals surface area (Å²) in [6, 6.07) is 2.81. The zero-order chi connectivity index (χ0) is 13.5. The van der Waals surface area contributed by atoms with Gasteiger partial charge in [-0.15, -0.1) is 0 Å². The van der Waals surface area contributed by atoms with Crippen LogP contribution in [0.3, 0.4) is 0 Å². The molecule has 0 bridgehead atoms. The monoisotopic (exact) mass is 258 g/mol. The predicted octanol–water partition coefficient (Wildman–Crippen LogP) is 2.07. The van der Waals surface area contributed by atoms with Gasteiger partial charge in [0.1, 0.15) is 6.54 Å². The van der Waals surface area contributed by atoms with Crippen LogP contribution in [0.1, 0.15) is 11.1 Å². The Hall–Kier alpha value is -2.05. The molecule has 0 radical (unpaired) electrons. The molecular weight excluding hydrogens is 249 g/mol. The van der Waals surface area contributed by atoms with Crippen molar-refractivity contribution >= 4 is 17.6 Å². The van der Waals surface area contributed by atoms with Crippen LogP contribution in [0.5, 0.6) is 0 Å². The van der Waals surface area contributed by atoms with Gasteiger partial charge in [0.15, 0.2) is 0 Å². The van der Waals surface area contributed by atoms with Crippen LogP contribution in [0.25, 0.3) is 0 Å². The fourth-order valence-electron chi connectivity index (χ4n) is 1.73. The van der Waals surface area contributed by atoms with Crippen LogP contribution in [0, 0.1) is 6.92 Å². The first-order chi connectivity index (χ1) is 8.29. The van der Waals surface area contributed by atoms with Gasteiger partial charge in [0.05, 0.1) is 5.56 Å². The van der Waals surface area contributed by atoms with Gasteiger partial charge < -0.3 is 0 Å². The summed E-state index contributed by atoms with van der Waals surface area (Å²) in [6.45, 7) is 1.07. The SMILES string of the molecule is Cc1ccc(N2CC(=O)NC2=O)cc1C(F)(F)F. The Balaban J connectivity index is 2.42. The van der Waals surface area contributed by atoms with E-state index in [2.05, 4.69) is 0 Å². The number of benzene rings is 1. The molecule has 18 heavy (non-hydrogen) atoms. The quantitative estimate of drug-likeness (QED) is 0.784. The minimum atomic E-state index is -4.49. The lowest BCUT2D eigenvalue weighted by atomic mass is 10.1. The van der Waals surface area contributed by atoms with Crippen molar-refractivity contribution in [1.29, 1.82) is 0 Å². The third kappa shape index (κ3) is 2.15. The lowest BCUT2D eigenvalue weighted by molar-refractivity contribution is -0.138. The van der Waals surface area contributed by atoms with E-state index in [1.165, 1.54) is 19.1 Å². The summed E-state index contributed by atoms with van der Waals surface area (Å²) < 4.78 is 38.1. The van der Waals surface area contributed by atoms with Gasteiger partial charge in [-0.3, -0.25) is 15.0 Å². The minimum absolute atomic E-state index is 0.0521. The van der Waals surface area contributed by atoms with Crippen molar-refractivity contribution in [3.05, 3.63) is 29.3 Å². The molecule has 0 saturated carbocycles. The van der Waals surface area contributed by atoms with E-state index in [1.807, 2.05) is 5.32 Å². The smallest absolute Gasteiger partial charge is 0.285 e. The maximum absolute atomic E-state index is 12.7. The fraction of sp³-hybridized carbons (Fsp3) is 0.273. The number of hydrogen-bond donors (Lipinski definition) is 1. The molecule has 1 aliphatic heterocycles. The zero-order valence-electron chi connectivity index (χ0n) is 9.34. The summed E-state index contributed by atoms with van der Waals surface area (Å²) >= 11 is 0. The van der Waals surface area contributed by atoms with Crippen molar-refractivity contribution in [1.82, 2.24) is 5.32 Å². The summed E-state index contributed by atoms with van der Waals surface area (Å²) in [4.78, 5) is 23.3. The number of aryl methyl sites for hydroxylation is 1. The van der Waals surface area contributed by atoms with Crippen LogP contribution in [0.2, 0.25) is 0 Å². The molecule has 1 heterocycles. The Kier molecular flexibility index (Phi) is 2.76. The van der Waals surface area contributed by atoms with Crippen LogP contribution in [0.4, 0.5) is 23.7 Å². The average Bonchev–Trinajstić information content (AvgIpc) is 2.57. The summed E-state index contributed by atoms with van der Waals surface area (Å²) in [5.41, 5.74) is -0.694. The Morgan fingerprint density at radius 2 is 1.94 bits per heavy atom. The van der Waals surface area contributed by atoms with E-state index in [9.17, 15) is 22.8 Å². The van der Waals surface area contributed by atoms with Crippen LogP contribution < -0.4 is 10.2 Å². The lowest BCUT2D eigenvalue weighted by Gasteiger charge is -2.17. The largest absolute Gasteiger partial charge is 0.416 e. The number of nitrogens with zero attached hydrogens (tertiary/aromatic N) is 1. The number of imide groups is 1. The molecule has 0 aliphatic carbocycles. The molecule has 1 fully saturated rings. The molecule has 1 N–H and O–H groups in total. The number of alkyl halides is 3. The molecule has 1 aromatic carbocycles. The molecule has 2 rings (SSSR count). The minimum Gasteiger partial charge on any atom is -0.285 e. The molecule has 4 nitrogen and oxygen atoms in total. The Labute approximate surface area is 100 Å². The Bertz CT molecular complexity index is 526. The first-order valence-electron chi connectivity index (χ1n) is 5.08. The van der Waals surface area contributed by atoms with E-state index in [-0.39, 0.29) is 17.8 Å². The van der Waals surface area contributed by atoms with Crippen molar-refractivity contribution in [2.24, 2.45) is 0 Å². The summed E-state index contributed by atoms with van der Waals surface area (Å²) in [5.74, 6) is -0.533. The van der Waals surface area contributed by atoms with Crippen molar-refractivity contribution in [3.8, 4) is 0 Å². The topological polar surface area (TPSA) is 49.4 Å². The maximum Gasteiger partial charge on any atom is 0.416 e. The average molecular weight is 258 g/mol. The first-order valence-corrected chi connectivity index (χ1v) is 5.08. The van der Waals surface area contributed by atoms with Crippen molar-refractivity contribution < 1.29 is 22.8 Å². The highest BCUT2D eigenvalue weighted by molar-refractivity contribution is 6.12. The van der Waals surface area contributed by atoms with Crippen molar-refractivity contribution in [3.63, 3.8) is 0 Å². The second-order valence-electron chi connectivity index (χ2n) is 3.94. The van der Waals surface area contributed by atoms with Gasteiger partial charge in [-0.05, 0) is 24.6 Å². The molecule has 3 amide bonds. The second kappa shape index (κ2) is 4.01. The van der Waals surface area contributed by atoms with E-state index in [1.54, 1.807) is 0 Å². The summed E-state index contributed by atoms with van der Waals surface area (Å²) in [7, 11) is 0. The van der Waals surface area contributed by atoms with Gasteiger partial charge >= 0.3 is 12.2 Å². The molecule has 96 valence electrons. The fourth-order valence-corrected chi connectivity index (χ4v) is 1.73. The molecule has 1 saturated heterocycles. The number of urea groups is 1. The van der Waals surface area contributed by atoms with E-state index in [0.29, 0.717) is 0 Å². The third-order valence-corrected chi connectivity index (χ3v) is 2.63. The highest BCUT2D eigenvalue weighted by Gasteiger charge is 2.34. The van der Waals surface area contributed by atoms with Crippen molar-refractivity contribution in [2.45, 2.75) is 13.1 Å². The third-order valence-electron chi connectivity index (χ3n) is 2.63. The van der Waals surface area contributed by atoms with Gasteiger partial charge in [-0.2, -0.15) is 13.2 Å². The number of amides is 3. The molecule has 0 atom stereocenters. The number of carbonyl (C=O) groups is 2.